The number of alkyl halides is 2. The fourth-order valence-corrected chi connectivity index (χ4v) is 4.69. The Morgan fingerprint density at radius 3 is 2.69 bits per heavy atom. The number of hydrogen-bond donors (Lipinski definition) is 2. The predicted octanol–water partition coefficient (Wildman–Crippen LogP) is 1.06. The predicted molar refractivity (Wildman–Crippen MR) is 89.0 cm³/mol. The second-order valence-corrected chi connectivity index (χ2v) is 8.18. The summed E-state index contributed by atoms with van der Waals surface area (Å²) in [6, 6.07) is 0.510. The highest BCUT2D eigenvalue weighted by Gasteiger charge is 2.51. The van der Waals surface area contributed by atoms with Crippen LogP contribution in [0.4, 0.5) is 8.78 Å². The van der Waals surface area contributed by atoms with Gasteiger partial charge in [-0.05, 0) is 12.8 Å². The van der Waals surface area contributed by atoms with E-state index in [1.165, 1.54) is 30.6 Å². The highest BCUT2D eigenvalue weighted by molar-refractivity contribution is 5.77. The molecule has 0 aromatic carbocycles. The average Bonchev–Trinajstić information content (AvgIpc) is 3.33. The van der Waals surface area contributed by atoms with Gasteiger partial charge in [0, 0.05) is 32.0 Å². The third kappa shape index (κ3) is 3.88. The zero-order chi connectivity index (χ0) is 18.3. The van der Waals surface area contributed by atoms with Gasteiger partial charge in [0.15, 0.2) is 0 Å². The summed E-state index contributed by atoms with van der Waals surface area (Å²) < 4.78 is 38.3. The summed E-state index contributed by atoms with van der Waals surface area (Å²) in [5.74, 6) is -3.08. The number of amides is 1. The molecule has 5 atom stereocenters. The standard InChI is InChI=1S/C18H28F2N2O4/c19-18(20)5-6-22(10-18)15(23)8-12-7-13-17(25-12)16(24)14(26-13)9-21-11-3-1-2-4-11/h11-14,16-17,21,24H,1-10H2. The van der Waals surface area contributed by atoms with Crippen molar-refractivity contribution >= 4 is 5.91 Å². The topological polar surface area (TPSA) is 71.0 Å². The Labute approximate surface area is 152 Å². The molecule has 0 spiro atoms. The van der Waals surface area contributed by atoms with Crippen molar-refractivity contribution in [3.63, 3.8) is 0 Å². The molecule has 0 radical (unpaired) electrons. The molecule has 0 bridgehead atoms. The lowest BCUT2D eigenvalue weighted by Crippen LogP contribution is -2.41. The molecule has 0 aromatic rings. The van der Waals surface area contributed by atoms with Gasteiger partial charge in [-0.3, -0.25) is 4.79 Å². The normalized spacial score (nSPS) is 39.7. The second kappa shape index (κ2) is 7.30. The van der Waals surface area contributed by atoms with Crippen LogP contribution in [-0.2, 0) is 14.3 Å². The summed E-state index contributed by atoms with van der Waals surface area (Å²) in [6.45, 7) is 0.202. The average molecular weight is 374 g/mol. The van der Waals surface area contributed by atoms with Crippen LogP contribution in [0.25, 0.3) is 0 Å². The van der Waals surface area contributed by atoms with Crippen LogP contribution < -0.4 is 5.32 Å². The number of likely N-dealkylation sites (tertiary alicyclic amines) is 1. The molecule has 5 unspecified atom stereocenters. The minimum atomic E-state index is -2.78. The van der Waals surface area contributed by atoms with Gasteiger partial charge in [0.1, 0.15) is 12.2 Å². The summed E-state index contributed by atoms with van der Waals surface area (Å²) in [7, 11) is 0. The van der Waals surface area contributed by atoms with Crippen LogP contribution >= 0.6 is 0 Å². The smallest absolute Gasteiger partial charge is 0.267 e. The summed E-state index contributed by atoms with van der Waals surface area (Å²) in [5.41, 5.74) is 0. The molecule has 3 saturated heterocycles. The molecule has 4 aliphatic rings. The van der Waals surface area contributed by atoms with Gasteiger partial charge in [-0.15, -0.1) is 0 Å². The number of rotatable bonds is 5. The van der Waals surface area contributed by atoms with E-state index in [0.29, 0.717) is 19.0 Å². The lowest BCUT2D eigenvalue weighted by molar-refractivity contribution is -0.135. The fourth-order valence-electron chi connectivity index (χ4n) is 4.69. The zero-order valence-corrected chi connectivity index (χ0v) is 14.9. The SMILES string of the molecule is O=C(CC1CC2OC(CNC3CCCC3)C(O)C2O1)N1CCC(F)(F)C1. The lowest BCUT2D eigenvalue weighted by Gasteiger charge is -2.23. The van der Waals surface area contributed by atoms with E-state index < -0.39 is 24.7 Å². The minimum absolute atomic E-state index is 0.0736. The molecule has 4 fully saturated rings. The van der Waals surface area contributed by atoms with E-state index in [2.05, 4.69) is 5.32 Å². The van der Waals surface area contributed by atoms with Gasteiger partial charge in [-0.2, -0.15) is 0 Å². The van der Waals surface area contributed by atoms with Gasteiger partial charge in [-0.25, -0.2) is 8.78 Å². The van der Waals surface area contributed by atoms with Crippen molar-refractivity contribution in [2.24, 2.45) is 0 Å². The van der Waals surface area contributed by atoms with Crippen LogP contribution in [0.3, 0.4) is 0 Å². The van der Waals surface area contributed by atoms with Gasteiger partial charge in [0.25, 0.3) is 5.92 Å². The summed E-state index contributed by atoms with van der Waals surface area (Å²) in [6.07, 6.45) is 3.14. The molecular weight excluding hydrogens is 346 g/mol. The maximum atomic E-state index is 13.3. The van der Waals surface area contributed by atoms with Crippen molar-refractivity contribution in [1.29, 1.82) is 0 Å². The van der Waals surface area contributed by atoms with E-state index in [1.54, 1.807) is 0 Å². The number of ether oxygens (including phenoxy) is 2. The highest BCUT2D eigenvalue weighted by atomic mass is 19.3. The summed E-state index contributed by atoms with van der Waals surface area (Å²) >= 11 is 0. The molecule has 2 N–H and O–H groups in total. The van der Waals surface area contributed by atoms with E-state index in [9.17, 15) is 18.7 Å². The van der Waals surface area contributed by atoms with E-state index in [1.807, 2.05) is 0 Å². The monoisotopic (exact) mass is 374 g/mol. The molecule has 8 heteroatoms. The van der Waals surface area contributed by atoms with Crippen molar-refractivity contribution in [3.05, 3.63) is 0 Å². The molecule has 6 nitrogen and oxygen atoms in total. The molecule has 26 heavy (non-hydrogen) atoms. The highest BCUT2D eigenvalue weighted by Crippen LogP contribution is 2.36. The molecule has 148 valence electrons. The van der Waals surface area contributed by atoms with Gasteiger partial charge in [-0.1, -0.05) is 12.8 Å². The molecule has 4 rings (SSSR count). The summed E-state index contributed by atoms with van der Waals surface area (Å²) in [5, 5.41) is 13.9. The number of aliphatic hydroxyl groups is 1. The van der Waals surface area contributed by atoms with E-state index in [-0.39, 0.29) is 43.6 Å². The number of nitrogens with one attached hydrogen (secondary N) is 1. The van der Waals surface area contributed by atoms with Crippen molar-refractivity contribution in [2.45, 2.75) is 87.4 Å². The van der Waals surface area contributed by atoms with Gasteiger partial charge >= 0.3 is 0 Å². The van der Waals surface area contributed by atoms with Crippen molar-refractivity contribution in [1.82, 2.24) is 10.2 Å². The maximum Gasteiger partial charge on any atom is 0.267 e. The second-order valence-electron chi connectivity index (χ2n) is 8.18. The Morgan fingerprint density at radius 1 is 1.27 bits per heavy atom. The van der Waals surface area contributed by atoms with E-state index >= 15 is 0 Å². The molecular formula is C18H28F2N2O4. The largest absolute Gasteiger partial charge is 0.388 e. The molecule has 3 aliphatic heterocycles. The number of carbonyl (C=O) groups is 1. The zero-order valence-electron chi connectivity index (χ0n) is 14.9. The minimum Gasteiger partial charge on any atom is -0.388 e. The van der Waals surface area contributed by atoms with Gasteiger partial charge in [0.2, 0.25) is 5.91 Å². The fraction of sp³-hybridized carbons (Fsp3) is 0.944. The maximum absolute atomic E-state index is 13.3. The van der Waals surface area contributed by atoms with Crippen molar-refractivity contribution in [3.8, 4) is 0 Å². The molecule has 1 amide bonds. The number of nitrogens with zero attached hydrogens (tertiary/aromatic N) is 1. The Bertz CT molecular complexity index is 529. The third-order valence-corrected chi connectivity index (χ3v) is 6.17. The Hall–Kier alpha value is -0.830. The van der Waals surface area contributed by atoms with Crippen LogP contribution in [0.15, 0.2) is 0 Å². The number of fused-ring (bicyclic) bond motifs is 1. The lowest BCUT2D eigenvalue weighted by atomic mass is 10.1. The number of carbonyl (C=O) groups excluding carboxylic acids is 1. The third-order valence-electron chi connectivity index (χ3n) is 6.17. The first-order valence-corrected chi connectivity index (χ1v) is 9.79. The van der Waals surface area contributed by atoms with Crippen molar-refractivity contribution in [2.75, 3.05) is 19.6 Å². The first-order valence-electron chi connectivity index (χ1n) is 9.79. The van der Waals surface area contributed by atoms with Crippen LogP contribution in [0.2, 0.25) is 0 Å². The molecule has 1 saturated carbocycles. The molecule has 0 aromatic heterocycles. The number of hydrogen-bond acceptors (Lipinski definition) is 5. The van der Waals surface area contributed by atoms with Gasteiger partial charge < -0.3 is 24.8 Å². The first-order chi connectivity index (χ1) is 12.4. The van der Waals surface area contributed by atoms with Crippen LogP contribution in [0.1, 0.15) is 44.9 Å². The van der Waals surface area contributed by atoms with Gasteiger partial charge in [0.05, 0.1) is 31.3 Å². The summed E-state index contributed by atoms with van der Waals surface area (Å²) in [4.78, 5) is 13.4. The molecule has 1 aliphatic carbocycles. The Kier molecular flexibility index (Phi) is 5.20. The van der Waals surface area contributed by atoms with Crippen molar-refractivity contribution < 1.29 is 28.2 Å². The Balaban J connectivity index is 1.23. The number of aliphatic hydroxyl groups excluding tert-OH is 1. The first kappa shape index (κ1) is 18.5. The Morgan fingerprint density at radius 2 is 2.04 bits per heavy atom. The quantitative estimate of drug-likeness (QED) is 0.753. The number of halogens is 2. The van der Waals surface area contributed by atoms with E-state index in [0.717, 1.165) is 0 Å². The van der Waals surface area contributed by atoms with Crippen LogP contribution in [0.5, 0.6) is 0 Å². The van der Waals surface area contributed by atoms with Crippen LogP contribution in [0, 0.1) is 0 Å². The molecule has 3 heterocycles. The van der Waals surface area contributed by atoms with E-state index in [4.69, 9.17) is 9.47 Å². The van der Waals surface area contributed by atoms with Crippen LogP contribution in [-0.4, -0.2) is 78.0 Å².